The van der Waals surface area contributed by atoms with Crippen LogP contribution in [0.3, 0.4) is 0 Å². The number of furan rings is 1. The lowest BCUT2D eigenvalue weighted by Gasteiger charge is -2.23. The highest BCUT2D eigenvalue weighted by Gasteiger charge is 2.18. The highest BCUT2D eigenvalue weighted by Crippen LogP contribution is 2.12. The van der Waals surface area contributed by atoms with Gasteiger partial charge >= 0.3 is 0 Å². The average Bonchev–Trinajstić information content (AvgIpc) is 3.20. The van der Waals surface area contributed by atoms with E-state index in [0.29, 0.717) is 24.3 Å². The third-order valence-corrected chi connectivity index (χ3v) is 3.57. The third-order valence-electron chi connectivity index (χ3n) is 3.57. The number of aromatic nitrogens is 3. The Hall–Kier alpha value is -2.67. The minimum absolute atomic E-state index is 0.0427. The number of likely N-dealkylation sites (N-methyl/N-ethyl adjacent to an activating group) is 1. The molecule has 7 heteroatoms. The van der Waals surface area contributed by atoms with Gasteiger partial charge in [-0.1, -0.05) is 0 Å². The predicted molar refractivity (Wildman–Crippen MR) is 85.0 cm³/mol. The standard InChI is InChI=1S/C16H19N5O2/c1-19(2)7-8-20(11-14-4-3-9-23-14)16(22)13-5-6-15-18-17-12-21(15)10-13/h3-6,9-10,12H,7-8,11H2,1-2H3. The Labute approximate surface area is 134 Å². The van der Waals surface area contributed by atoms with E-state index in [2.05, 4.69) is 10.2 Å². The molecule has 0 fully saturated rings. The van der Waals surface area contributed by atoms with Crippen molar-refractivity contribution in [2.45, 2.75) is 6.54 Å². The zero-order valence-corrected chi connectivity index (χ0v) is 13.2. The molecule has 0 saturated heterocycles. The second-order valence-corrected chi connectivity index (χ2v) is 5.62. The minimum atomic E-state index is -0.0427. The summed E-state index contributed by atoms with van der Waals surface area (Å²) in [6.07, 6.45) is 4.96. The molecule has 0 atom stereocenters. The lowest BCUT2D eigenvalue weighted by molar-refractivity contribution is 0.0719. The molecule has 23 heavy (non-hydrogen) atoms. The molecule has 120 valence electrons. The lowest BCUT2D eigenvalue weighted by Crippen LogP contribution is -2.36. The maximum absolute atomic E-state index is 12.9. The van der Waals surface area contributed by atoms with Crippen LogP contribution in [-0.2, 0) is 6.54 Å². The summed E-state index contributed by atoms with van der Waals surface area (Å²) in [5, 5.41) is 7.78. The Balaban J connectivity index is 1.82. The Bertz CT molecular complexity index is 779. The molecule has 0 radical (unpaired) electrons. The molecule has 3 heterocycles. The molecule has 7 nitrogen and oxygen atoms in total. The van der Waals surface area contributed by atoms with Gasteiger partial charge in [0.2, 0.25) is 0 Å². The first-order valence-electron chi connectivity index (χ1n) is 7.39. The monoisotopic (exact) mass is 313 g/mol. The van der Waals surface area contributed by atoms with Crippen molar-refractivity contribution in [3.05, 3.63) is 54.4 Å². The SMILES string of the molecule is CN(C)CCN(Cc1ccco1)C(=O)c1ccc2nncn2c1. The van der Waals surface area contributed by atoms with E-state index >= 15 is 0 Å². The van der Waals surface area contributed by atoms with E-state index in [1.54, 1.807) is 40.2 Å². The fraction of sp³-hybridized carbons (Fsp3) is 0.312. The van der Waals surface area contributed by atoms with E-state index < -0.39 is 0 Å². The number of fused-ring (bicyclic) bond motifs is 1. The van der Waals surface area contributed by atoms with Crippen molar-refractivity contribution in [2.24, 2.45) is 0 Å². The number of nitrogens with zero attached hydrogens (tertiary/aromatic N) is 5. The first-order chi connectivity index (χ1) is 11.1. The number of rotatable bonds is 6. The van der Waals surface area contributed by atoms with Crippen molar-refractivity contribution in [1.29, 1.82) is 0 Å². The van der Waals surface area contributed by atoms with Gasteiger partial charge in [0.05, 0.1) is 18.4 Å². The Morgan fingerprint density at radius 2 is 2.13 bits per heavy atom. The maximum atomic E-state index is 12.9. The number of pyridine rings is 1. The quantitative estimate of drug-likeness (QED) is 0.690. The summed E-state index contributed by atoms with van der Waals surface area (Å²) >= 11 is 0. The summed E-state index contributed by atoms with van der Waals surface area (Å²) < 4.78 is 7.12. The smallest absolute Gasteiger partial charge is 0.255 e. The third kappa shape index (κ3) is 3.57. The molecule has 0 aliphatic heterocycles. The fourth-order valence-corrected chi connectivity index (χ4v) is 2.30. The molecule has 0 N–H and O–H groups in total. The van der Waals surface area contributed by atoms with Crippen LogP contribution in [0.15, 0.2) is 47.5 Å². The molecule has 1 amide bonds. The number of carbonyl (C=O) groups is 1. The van der Waals surface area contributed by atoms with Crippen LogP contribution in [0.5, 0.6) is 0 Å². The van der Waals surface area contributed by atoms with Crippen molar-refractivity contribution in [3.8, 4) is 0 Å². The van der Waals surface area contributed by atoms with Crippen LogP contribution in [0.2, 0.25) is 0 Å². The maximum Gasteiger partial charge on any atom is 0.255 e. The topological polar surface area (TPSA) is 66.9 Å². The lowest BCUT2D eigenvalue weighted by atomic mass is 10.2. The van der Waals surface area contributed by atoms with E-state index in [1.165, 1.54) is 0 Å². The molecule has 3 aromatic rings. The zero-order chi connectivity index (χ0) is 16.2. The molecule has 0 spiro atoms. The van der Waals surface area contributed by atoms with Crippen LogP contribution in [0.4, 0.5) is 0 Å². The Kier molecular flexibility index (Phi) is 4.38. The van der Waals surface area contributed by atoms with Gasteiger partial charge in [0.25, 0.3) is 5.91 Å². The van der Waals surface area contributed by atoms with Gasteiger partial charge in [-0.3, -0.25) is 9.20 Å². The molecule has 3 aromatic heterocycles. The van der Waals surface area contributed by atoms with Gasteiger partial charge in [-0.2, -0.15) is 0 Å². The molecule has 3 rings (SSSR count). The van der Waals surface area contributed by atoms with Crippen molar-refractivity contribution in [1.82, 2.24) is 24.4 Å². The summed E-state index contributed by atoms with van der Waals surface area (Å²) in [7, 11) is 3.97. The van der Waals surface area contributed by atoms with Crippen molar-refractivity contribution in [3.63, 3.8) is 0 Å². The summed E-state index contributed by atoms with van der Waals surface area (Å²) in [6.45, 7) is 1.84. The highest BCUT2D eigenvalue weighted by molar-refractivity contribution is 5.94. The first-order valence-corrected chi connectivity index (χ1v) is 7.39. The summed E-state index contributed by atoms with van der Waals surface area (Å²) in [5.74, 6) is 0.723. The molecule has 0 aromatic carbocycles. The largest absolute Gasteiger partial charge is 0.467 e. The molecule has 0 aliphatic carbocycles. The van der Waals surface area contributed by atoms with E-state index in [1.807, 2.05) is 31.1 Å². The van der Waals surface area contributed by atoms with E-state index in [-0.39, 0.29) is 5.91 Å². The zero-order valence-electron chi connectivity index (χ0n) is 13.2. The van der Waals surface area contributed by atoms with Gasteiger partial charge in [0.1, 0.15) is 12.1 Å². The van der Waals surface area contributed by atoms with Gasteiger partial charge in [-0.15, -0.1) is 10.2 Å². The van der Waals surface area contributed by atoms with Crippen LogP contribution < -0.4 is 0 Å². The Morgan fingerprint density at radius 3 is 2.87 bits per heavy atom. The molecular formula is C16H19N5O2. The summed E-state index contributed by atoms with van der Waals surface area (Å²) in [6, 6.07) is 7.26. The summed E-state index contributed by atoms with van der Waals surface area (Å²) in [5.41, 5.74) is 1.31. The fourth-order valence-electron chi connectivity index (χ4n) is 2.30. The van der Waals surface area contributed by atoms with Crippen molar-refractivity contribution < 1.29 is 9.21 Å². The molecular weight excluding hydrogens is 294 g/mol. The number of amides is 1. The van der Waals surface area contributed by atoms with Crippen molar-refractivity contribution >= 4 is 11.6 Å². The molecule has 0 bridgehead atoms. The Morgan fingerprint density at radius 1 is 1.26 bits per heavy atom. The van der Waals surface area contributed by atoms with E-state index in [4.69, 9.17) is 4.42 Å². The van der Waals surface area contributed by atoms with Crippen molar-refractivity contribution in [2.75, 3.05) is 27.2 Å². The minimum Gasteiger partial charge on any atom is -0.467 e. The first kappa shape index (κ1) is 15.2. The van der Waals surface area contributed by atoms with Gasteiger partial charge in [-0.25, -0.2) is 0 Å². The van der Waals surface area contributed by atoms with Gasteiger partial charge in [0, 0.05) is 19.3 Å². The van der Waals surface area contributed by atoms with E-state index in [9.17, 15) is 4.79 Å². The van der Waals surface area contributed by atoms with Gasteiger partial charge in [-0.05, 0) is 38.4 Å². The highest BCUT2D eigenvalue weighted by atomic mass is 16.3. The van der Waals surface area contributed by atoms with Crippen LogP contribution in [0.1, 0.15) is 16.1 Å². The second kappa shape index (κ2) is 6.62. The number of hydrogen-bond donors (Lipinski definition) is 0. The second-order valence-electron chi connectivity index (χ2n) is 5.62. The summed E-state index contributed by atoms with van der Waals surface area (Å²) in [4.78, 5) is 16.7. The van der Waals surface area contributed by atoms with Gasteiger partial charge in [0.15, 0.2) is 5.65 Å². The molecule has 0 saturated carbocycles. The number of hydrogen-bond acceptors (Lipinski definition) is 5. The number of carbonyl (C=O) groups excluding carboxylic acids is 1. The van der Waals surface area contributed by atoms with Crippen LogP contribution >= 0.6 is 0 Å². The van der Waals surface area contributed by atoms with Crippen LogP contribution in [-0.4, -0.2) is 57.5 Å². The molecule has 0 aliphatic rings. The average molecular weight is 313 g/mol. The normalized spacial score (nSPS) is 11.3. The molecule has 0 unspecified atom stereocenters. The predicted octanol–water partition coefficient (Wildman–Crippen LogP) is 1.53. The van der Waals surface area contributed by atoms with E-state index in [0.717, 1.165) is 12.3 Å². The van der Waals surface area contributed by atoms with Gasteiger partial charge < -0.3 is 14.2 Å². The van der Waals surface area contributed by atoms with Crippen LogP contribution in [0, 0.1) is 0 Å². The van der Waals surface area contributed by atoms with Crippen LogP contribution in [0.25, 0.3) is 5.65 Å².